The van der Waals surface area contributed by atoms with Crippen LogP contribution >= 0.6 is 11.3 Å². The predicted octanol–water partition coefficient (Wildman–Crippen LogP) is 2.92. The normalized spacial score (nSPS) is 10.5. The molecule has 1 aromatic heterocycles. The Morgan fingerprint density at radius 2 is 2.07 bits per heavy atom. The van der Waals surface area contributed by atoms with E-state index in [4.69, 9.17) is 0 Å². The molecule has 1 N–H and O–H groups in total. The van der Waals surface area contributed by atoms with E-state index in [2.05, 4.69) is 34.7 Å². The first kappa shape index (κ1) is 10.3. The molecule has 15 heavy (non-hydrogen) atoms. The van der Waals surface area contributed by atoms with E-state index >= 15 is 0 Å². The molecule has 0 aliphatic carbocycles. The van der Waals surface area contributed by atoms with E-state index in [1.54, 1.807) is 11.3 Å². The molecule has 3 heteroatoms. The van der Waals surface area contributed by atoms with Gasteiger partial charge in [0.1, 0.15) is 5.01 Å². The smallest absolute Gasteiger partial charge is 0.123 e. The quantitative estimate of drug-likeness (QED) is 0.853. The molecule has 0 unspecified atom stereocenters. The number of aromatic nitrogens is 1. The number of thiazole rings is 1. The van der Waals surface area contributed by atoms with Crippen molar-refractivity contribution < 1.29 is 0 Å². The summed E-state index contributed by atoms with van der Waals surface area (Å²) in [6, 6.07) is 10.3. The largest absolute Gasteiger partial charge is 0.311 e. The minimum Gasteiger partial charge on any atom is -0.311 e. The van der Waals surface area contributed by atoms with Gasteiger partial charge >= 0.3 is 0 Å². The molecular weight excluding hydrogens is 204 g/mol. The van der Waals surface area contributed by atoms with E-state index < -0.39 is 0 Å². The summed E-state index contributed by atoms with van der Waals surface area (Å²) in [4.78, 5) is 4.57. The second kappa shape index (κ2) is 5.05. The number of benzene rings is 1. The van der Waals surface area contributed by atoms with Gasteiger partial charge in [-0.05, 0) is 6.54 Å². The maximum Gasteiger partial charge on any atom is 0.123 e. The summed E-state index contributed by atoms with van der Waals surface area (Å²) in [5.74, 6) is 0. The third-order valence-electron chi connectivity index (χ3n) is 2.13. The van der Waals surface area contributed by atoms with Crippen LogP contribution in [0.3, 0.4) is 0 Å². The highest BCUT2D eigenvalue weighted by Crippen LogP contribution is 2.22. The third-order valence-corrected chi connectivity index (χ3v) is 3.07. The zero-order valence-corrected chi connectivity index (χ0v) is 9.55. The molecule has 2 aromatic rings. The number of hydrogen-bond acceptors (Lipinski definition) is 3. The first-order valence-corrected chi connectivity index (χ1v) is 5.98. The van der Waals surface area contributed by atoms with Crippen LogP contribution in [-0.4, -0.2) is 11.5 Å². The molecule has 0 aliphatic rings. The van der Waals surface area contributed by atoms with Crippen molar-refractivity contribution in [3.8, 4) is 10.6 Å². The zero-order chi connectivity index (χ0) is 10.5. The molecule has 2 rings (SSSR count). The van der Waals surface area contributed by atoms with Crippen molar-refractivity contribution in [3.63, 3.8) is 0 Å². The van der Waals surface area contributed by atoms with Gasteiger partial charge in [0, 0.05) is 17.5 Å². The van der Waals surface area contributed by atoms with Crippen molar-refractivity contribution in [1.29, 1.82) is 0 Å². The fraction of sp³-hybridized carbons (Fsp3) is 0.250. The van der Waals surface area contributed by atoms with Crippen LogP contribution in [0.4, 0.5) is 0 Å². The molecule has 0 radical (unpaired) electrons. The summed E-state index contributed by atoms with van der Waals surface area (Å²) < 4.78 is 0. The van der Waals surface area contributed by atoms with Crippen LogP contribution in [0.5, 0.6) is 0 Å². The van der Waals surface area contributed by atoms with Crippen molar-refractivity contribution >= 4 is 11.3 Å². The zero-order valence-electron chi connectivity index (χ0n) is 8.73. The highest BCUT2D eigenvalue weighted by molar-refractivity contribution is 7.13. The maximum absolute atomic E-state index is 4.57. The van der Waals surface area contributed by atoms with E-state index in [0.29, 0.717) is 0 Å². The van der Waals surface area contributed by atoms with Crippen LogP contribution < -0.4 is 5.32 Å². The first-order chi connectivity index (χ1) is 7.40. The standard InChI is InChI=1S/C12H14N2S/c1-2-13-8-11-9-15-12(14-11)10-6-4-3-5-7-10/h3-7,9,13H,2,8H2,1H3. The molecule has 0 saturated heterocycles. The highest BCUT2D eigenvalue weighted by atomic mass is 32.1. The van der Waals surface area contributed by atoms with E-state index in [9.17, 15) is 0 Å². The molecule has 0 spiro atoms. The van der Waals surface area contributed by atoms with Crippen LogP contribution in [0.1, 0.15) is 12.6 Å². The minimum absolute atomic E-state index is 0.861. The Kier molecular flexibility index (Phi) is 3.48. The van der Waals surface area contributed by atoms with Crippen molar-refractivity contribution in [2.24, 2.45) is 0 Å². The van der Waals surface area contributed by atoms with E-state index in [0.717, 1.165) is 23.8 Å². The Bertz CT molecular complexity index is 409. The molecule has 2 nitrogen and oxygen atoms in total. The third kappa shape index (κ3) is 2.64. The fourth-order valence-corrected chi connectivity index (χ4v) is 2.18. The molecule has 1 aromatic carbocycles. The van der Waals surface area contributed by atoms with Gasteiger partial charge in [0.25, 0.3) is 0 Å². The van der Waals surface area contributed by atoms with Gasteiger partial charge in [0.05, 0.1) is 5.69 Å². The number of nitrogens with one attached hydrogen (secondary N) is 1. The molecule has 1 heterocycles. The molecule has 0 saturated carbocycles. The predicted molar refractivity (Wildman–Crippen MR) is 64.9 cm³/mol. The van der Waals surface area contributed by atoms with Crippen LogP contribution in [0.15, 0.2) is 35.7 Å². The molecule has 78 valence electrons. The molecule has 0 amide bonds. The molecule has 0 atom stereocenters. The lowest BCUT2D eigenvalue weighted by molar-refractivity contribution is 0.715. The van der Waals surface area contributed by atoms with Crippen molar-refractivity contribution in [1.82, 2.24) is 10.3 Å². The first-order valence-electron chi connectivity index (χ1n) is 5.10. The Morgan fingerprint density at radius 1 is 1.27 bits per heavy atom. The number of nitrogens with zero attached hydrogens (tertiary/aromatic N) is 1. The topological polar surface area (TPSA) is 24.9 Å². The van der Waals surface area contributed by atoms with E-state index in [1.165, 1.54) is 5.56 Å². The fourth-order valence-electron chi connectivity index (χ4n) is 1.35. The lowest BCUT2D eigenvalue weighted by Crippen LogP contribution is -2.11. The monoisotopic (exact) mass is 218 g/mol. The number of hydrogen-bond donors (Lipinski definition) is 1. The second-order valence-electron chi connectivity index (χ2n) is 3.29. The summed E-state index contributed by atoms with van der Waals surface area (Å²) in [7, 11) is 0. The van der Waals surface area contributed by atoms with Gasteiger partial charge in [0.2, 0.25) is 0 Å². The average Bonchev–Trinajstić information content (AvgIpc) is 2.76. The molecular formula is C12H14N2S. The summed E-state index contributed by atoms with van der Waals surface area (Å²) in [5, 5.41) is 6.49. The van der Waals surface area contributed by atoms with Crippen LogP contribution in [0.25, 0.3) is 10.6 Å². The lowest BCUT2D eigenvalue weighted by Gasteiger charge is -1.96. The Labute approximate surface area is 94.0 Å². The minimum atomic E-state index is 0.861. The highest BCUT2D eigenvalue weighted by Gasteiger charge is 2.02. The SMILES string of the molecule is CCNCc1csc(-c2ccccc2)n1. The van der Waals surface area contributed by atoms with Gasteiger partial charge in [-0.3, -0.25) is 0 Å². The van der Waals surface area contributed by atoms with Crippen LogP contribution in [0, 0.1) is 0 Å². The van der Waals surface area contributed by atoms with Gasteiger partial charge < -0.3 is 5.32 Å². The Balaban J connectivity index is 2.14. The van der Waals surface area contributed by atoms with Crippen LogP contribution in [0.2, 0.25) is 0 Å². The van der Waals surface area contributed by atoms with Gasteiger partial charge in [0.15, 0.2) is 0 Å². The van der Waals surface area contributed by atoms with Crippen molar-refractivity contribution in [2.45, 2.75) is 13.5 Å². The van der Waals surface area contributed by atoms with Gasteiger partial charge in [-0.25, -0.2) is 4.98 Å². The summed E-state index contributed by atoms with van der Waals surface area (Å²) in [6.45, 7) is 3.95. The summed E-state index contributed by atoms with van der Waals surface area (Å²) in [6.07, 6.45) is 0. The van der Waals surface area contributed by atoms with Gasteiger partial charge in [-0.2, -0.15) is 0 Å². The molecule has 0 fully saturated rings. The van der Waals surface area contributed by atoms with Crippen LogP contribution in [-0.2, 0) is 6.54 Å². The number of rotatable bonds is 4. The van der Waals surface area contributed by atoms with Crippen molar-refractivity contribution in [2.75, 3.05) is 6.54 Å². The molecule has 0 aliphatic heterocycles. The van der Waals surface area contributed by atoms with E-state index in [-0.39, 0.29) is 0 Å². The Morgan fingerprint density at radius 3 is 2.80 bits per heavy atom. The summed E-state index contributed by atoms with van der Waals surface area (Å²) in [5.41, 5.74) is 2.32. The van der Waals surface area contributed by atoms with Gasteiger partial charge in [-0.1, -0.05) is 37.3 Å². The summed E-state index contributed by atoms with van der Waals surface area (Å²) >= 11 is 1.70. The lowest BCUT2D eigenvalue weighted by atomic mass is 10.2. The Hall–Kier alpha value is -1.19. The average molecular weight is 218 g/mol. The van der Waals surface area contributed by atoms with Gasteiger partial charge in [-0.15, -0.1) is 11.3 Å². The molecule has 0 bridgehead atoms. The van der Waals surface area contributed by atoms with Crippen molar-refractivity contribution in [3.05, 3.63) is 41.4 Å². The van der Waals surface area contributed by atoms with E-state index in [1.807, 2.05) is 18.2 Å². The maximum atomic E-state index is 4.57. The second-order valence-corrected chi connectivity index (χ2v) is 4.15.